The highest BCUT2D eigenvalue weighted by Crippen LogP contribution is 2.39. The van der Waals surface area contributed by atoms with Gasteiger partial charge in [-0.1, -0.05) is 12.1 Å². The first kappa shape index (κ1) is 14.3. The summed E-state index contributed by atoms with van der Waals surface area (Å²) < 4.78 is 5.77. The lowest BCUT2D eigenvalue weighted by atomic mass is 10.2. The number of rotatable bonds is 2. The summed E-state index contributed by atoms with van der Waals surface area (Å²) in [5, 5.41) is 1.10. The number of aromatic nitrogens is 2. The van der Waals surface area contributed by atoms with E-state index in [1.807, 2.05) is 40.1 Å². The molecule has 1 saturated heterocycles. The third-order valence-electron chi connectivity index (χ3n) is 4.91. The summed E-state index contributed by atoms with van der Waals surface area (Å²) in [5.41, 5.74) is 2.52. The van der Waals surface area contributed by atoms with Gasteiger partial charge in [-0.05, 0) is 31.0 Å². The van der Waals surface area contributed by atoms with E-state index in [2.05, 4.69) is 16.0 Å². The lowest BCUT2D eigenvalue weighted by Crippen LogP contribution is -2.28. The van der Waals surface area contributed by atoms with Crippen LogP contribution in [0.2, 0.25) is 0 Å². The van der Waals surface area contributed by atoms with Crippen molar-refractivity contribution in [3.05, 3.63) is 48.3 Å². The molecule has 6 heteroatoms. The Bertz CT molecular complexity index is 959. The normalized spacial score (nSPS) is 16.3. The fraction of sp³-hybridized carbons (Fsp3) is 0.263. The highest BCUT2D eigenvalue weighted by atomic mass is 16.5. The molecule has 2 aromatic heterocycles. The van der Waals surface area contributed by atoms with E-state index < -0.39 is 0 Å². The second kappa shape index (κ2) is 5.51. The molecule has 0 spiro atoms. The molecule has 0 bridgehead atoms. The van der Waals surface area contributed by atoms with Gasteiger partial charge in [0.05, 0.1) is 5.52 Å². The van der Waals surface area contributed by atoms with Gasteiger partial charge in [0.1, 0.15) is 5.69 Å². The van der Waals surface area contributed by atoms with Gasteiger partial charge in [-0.15, -0.1) is 0 Å². The topological polar surface area (TPSA) is 61.5 Å². The third-order valence-corrected chi connectivity index (χ3v) is 4.91. The smallest absolute Gasteiger partial charge is 0.270 e. The van der Waals surface area contributed by atoms with Crippen LogP contribution in [0.15, 0.2) is 42.6 Å². The van der Waals surface area contributed by atoms with Gasteiger partial charge in [0, 0.05) is 36.4 Å². The maximum Gasteiger partial charge on any atom is 0.270 e. The van der Waals surface area contributed by atoms with E-state index in [1.165, 1.54) is 0 Å². The Balaban J connectivity index is 1.48. The maximum atomic E-state index is 12.6. The first-order valence-corrected chi connectivity index (χ1v) is 8.57. The minimum absolute atomic E-state index is 0.0515. The molecule has 0 aliphatic carbocycles. The van der Waals surface area contributed by atoms with Crippen LogP contribution < -0.4 is 9.64 Å². The van der Waals surface area contributed by atoms with Crippen molar-refractivity contribution < 1.29 is 9.53 Å². The number of hydrogen-bond donors (Lipinski definition) is 1. The molecular formula is C19H18N4O2. The Morgan fingerprint density at radius 2 is 2.04 bits per heavy atom. The number of amides is 1. The van der Waals surface area contributed by atoms with E-state index >= 15 is 0 Å². The van der Waals surface area contributed by atoms with Crippen molar-refractivity contribution in [3.63, 3.8) is 0 Å². The number of fused-ring (bicyclic) bond motifs is 2. The number of ether oxygens (including phenoxy) is 1. The summed E-state index contributed by atoms with van der Waals surface area (Å²) in [7, 11) is 0. The second-order valence-electron chi connectivity index (χ2n) is 6.48. The summed E-state index contributed by atoms with van der Waals surface area (Å²) in [4.78, 5) is 24.2. The highest BCUT2D eigenvalue weighted by molar-refractivity contribution is 5.95. The molecule has 4 heterocycles. The van der Waals surface area contributed by atoms with Gasteiger partial charge in [0.15, 0.2) is 18.3 Å². The van der Waals surface area contributed by atoms with Crippen molar-refractivity contribution in [1.29, 1.82) is 0 Å². The van der Waals surface area contributed by atoms with Crippen molar-refractivity contribution in [1.82, 2.24) is 14.9 Å². The van der Waals surface area contributed by atoms with Crippen LogP contribution in [0, 0.1) is 0 Å². The number of carbonyl (C=O) groups excluding carboxylic acids is 1. The number of nitrogens with one attached hydrogen (secondary N) is 1. The van der Waals surface area contributed by atoms with Gasteiger partial charge in [0.2, 0.25) is 0 Å². The van der Waals surface area contributed by atoms with Crippen molar-refractivity contribution in [2.45, 2.75) is 12.8 Å². The molecule has 1 fully saturated rings. The van der Waals surface area contributed by atoms with Crippen LogP contribution in [0.3, 0.4) is 0 Å². The molecule has 0 radical (unpaired) electrons. The van der Waals surface area contributed by atoms with Crippen LogP contribution >= 0.6 is 0 Å². The Hall–Kier alpha value is -3.02. The zero-order valence-electron chi connectivity index (χ0n) is 13.7. The van der Waals surface area contributed by atoms with Gasteiger partial charge >= 0.3 is 0 Å². The van der Waals surface area contributed by atoms with Crippen LogP contribution in [0.25, 0.3) is 10.9 Å². The molecule has 5 rings (SSSR count). The van der Waals surface area contributed by atoms with Crippen molar-refractivity contribution in [2.24, 2.45) is 0 Å². The number of pyridine rings is 1. The zero-order valence-corrected chi connectivity index (χ0v) is 13.7. The van der Waals surface area contributed by atoms with Crippen molar-refractivity contribution >= 4 is 28.3 Å². The average molecular weight is 334 g/mol. The number of H-pyrrole nitrogens is 1. The lowest BCUT2D eigenvalue weighted by molar-refractivity contribution is 0.0787. The Morgan fingerprint density at radius 1 is 1.16 bits per heavy atom. The fourth-order valence-electron chi connectivity index (χ4n) is 3.57. The first-order valence-electron chi connectivity index (χ1n) is 8.57. The molecule has 2 aliphatic heterocycles. The van der Waals surface area contributed by atoms with E-state index in [9.17, 15) is 4.79 Å². The Labute approximate surface area is 145 Å². The predicted octanol–water partition coefficient (Wildman–Crippen LogP) is 3.29. The van der Waals surface area contributed by atoms with E-state index in [0.29, 0.717) is 12.4 Å². The van der Waals surface area contributed by atoms with Crippen LogP contribution in [0.5, 0.6) is 5.75 Å². The van der Waals surface area contributed by atoms with E-state index in [-0.39, 0.29) is 5.91 Å². The van der Waals surface area contributed by atoms with E-state index in [4.69, 9.17) is 4.74 Å². The number of anilines is 2. The zero-order chi connectivity index (χ0) is 16.8. The summed E-state index contributed by atoms with van der Waals surface area (Å²) in [5.74, 6) is 1.61. The van der Waals surface area contributed by atoms with Crippen molar-refractivity contribution in [2.75, 3.05) is 24.7 Å². The SMILES string of the molecule is O=C(c1cc2c([nH]1)N(c1ccc3cccnc3c1)CO2)N1CCCC1. The minimum atomic E-state index is 0.0515. The van der Waals surface area contributed by atoms with Gasteiger partial charge in [-0.2, -0.15) is 0 Å². The number of hydrogen-bond acceptors (Lipinski definition) is 4. The second-order valence-corrected chi connectivity index (χ2v) is 6.48. The van der Waals surface area contributed by atoms with Gasteiger partial charge in [0.25, 0.3) is 5.91 Å². The Kier molecular flexibility index (Phi) is 3.16. The number of benzene rings is 1. The molecule has 3 aromatic rings. The number of nitrogens with zero attached hydrogens (tertiary/aromatic N) is 3. The fourth-order valence-corrected chi connectivity index (χ4v) is 3.57. The maximum absolute atomic E-state index is 12.6. The average Bonchev–Trinajstić information content (AvgIpc) is 3.37. The summed E-state index contributed by atoms with van der Waals surface area (Å²) >= 11 is 0. The quantitative estimate of drug-likeness (QED) is 0.781. The van der Waals surface area contributed by atoms with Gasteiger partial charge in [-0.25, -0.2) is 0 Å². The lowest BCUT2D eigenvalue weighted by Gasteiger charge is -2.17. The largest absolute Gasteiger partial charge is 0.469 e. The summed E-state index contributed by atoms with van der Waals surface area (Å²) in [6.45, 7) is 2.10. The third kappa shape index (κ3) is 2.33. The molecule has 25 heavy (non-hydrogen) atoms. The molecule has 126 valence electrons. The molecule has 0 saturated carbocycles. The minimum Gasteiger partial charge on any atom is -0.469 e. The molecule has 1 aromatic carbocycles. The molecule has 0 atom stereocenters. The summed E-state index contributed by atoms with van der Waals surface area (Å²) in [6.07, 6.45) is 3.96. The predicted molar refractivity (Wildman–Crippen MR) is 95.3 cm³/mol. The van der Waals surface area contributed by atoms with Crippen LogP contribution in [-0.4, -0.2) is 40.6 Å². The van der Waals surface area contributed by atoms with E-state index in [0.717, 1.165) is 54.1 Å². The molecule has 1 amide bonds. The number of aromatic amines is 1. The van der Waals surface area contributed by atoms with Crippen LogP contribution in [0.1, 0.15) is 23.3 Å². The first-order chi connectivity index (χ1) is 12.3. The Morgan fingerprint density at radius 3 is 2.92 bits per heavy atom. The standard InChI is InChI=1S/C19H18N4O2/c24-19(22-8-1-2-9-22)16-11-17-18(21-16)23(12-25-17)14-6-5-13-4-3-7-20-15(13)10-14/h3-7,10-11,21H,1-2,8-9,12H2. The van der Waals surface area contributed by atoms with Crippen molar-refractivity contribution in [3.8, 4) is 5.75 Å². The van der Waals surface area contributed by atoms with Crippen LogP contribution in [-0.2, 0) is 0 Å². The summed E-state index contributed by atoms with van der Waals surface area (Å²) in [6, 6.07) is 11.9. The number of carbonyl (C=O) groups is 1. The molecule has 6 nitrogen and oxygen atoms in total. The molecular weight excluding hydrogens is 316 g/mol. The monoisotopic (exact) mass is 334 g/mol. The van der Waals surface area contributed by atoms with Gasteiger partial charge < -0.3 is 14.6 Å². The van der Waals surface area contributed by atoms with Crippen LogP contribution in [0.4, 0.5) is 11.5 Å². The highest BCUT2D eigenvalue weighted by Gasteiger charge is 2.29. The molecule has 0 unspecified atom stereocenters. The van der Waals surface area contributed by atoms with E-state index in [1.54, 1.807) is 6.20 Å². The number of likely N-dealkylation sites (tertiary alicyclic amines) is 1. The molecule has 2 aliphatic rings. The molecule has 1 N–H and O–H groups in total. The van der Waals surface area contributed by atoms with Gasteiger partial charge in [-0.3, -0.25) is 14.7 Å².